The fraction of sp³-hybridized carbons (Fsp3) is 0.278. The predicted molar refractivity (Wildman–Crippen MR) is 112 cm³/mol. The second-order valence-electron chi connectivity index (χ2n) is 6.93. The molecule has 4 N–H and O–H groups in total. The molecule has 0 spiro atoms. The Hall–Kier alpha value is -2.77. The number of carbonyl (C=O) groups excluding carboxylic acids is 1. The molecule has 2 aromatic heterocycles. The number of amides is 1. The molecular weight excluding hydrogens is 493 g/mol. The van der Waals surface area contributed by atoms with Crippen LogP contribution in [0.1, 0.15) is 51.8 Å². The van der Waals surface area contributed by atoms with Crippen LogP contribution < -0.4 is 10.5 Å². The van der Waals surface area contributed by atoms with Crippen molar-refractivity contribution in [3.8, 4) is 0 Å². The first-order chi connectivity index (χ1) is 14.5. The molecule has 1 amide bonds. The van der Waals surface area contributed by atoms with Crippen molar-refractivity contribution >= 4 is 31.9 Å². The average Bonchev–Trinajstić information content (AvgIpc) is 3.23. The molecule has 0 aliphatic rings. The third kappa shape index (κ3) is 4.62. The maximum absolute atomic E-state index is 14.7. The topological polar surface area (TPSA) is 157 Å². The maximum Gasteiger partial charge on any atom is 0.259 e. The smallest absolute Gasteiger partial charge is 0.259 e. The molecule has 3 rings (SSSR count). The zero-order valence-corrected chi connectivity index (χ0v) is 19.1. The van der Waals surface area contributed by atoms with Gasteiger partial charge in [-0.25, -0.2) is 17.8 Å². The summed E-state index contributed by atoms with van der Waals surface area (Å²) in [4.78, 5) is 15.6. The number of tetrazole rings is 1. The molecule has 31 heavy (non-hydrogen) atoms. The number of benzene rings is 1. The molecule has 164 valence electrons. The molecule has 0 radical (unpaired) electrons. The molecule has 0 saturated carbocycles. The summed E-state index contributed by atoms with van der Waals surface area (Å²) < 4.78 is 43.9. The Balaban J connectivity index is 2.11. The van der Waals surface area contributed by atoms with E-state index in [0.717, 1.165) is 5.56 Å². The molecule has 1 aromatic carbocycles. The number of carbonyl (C=O) groups is 1. The highest BCUT2D eigenvalue weighted by molar-refractivity contribution is 9.10. The molecule has 3 aromatic rings. The minimum atomic E-state index is -4.39. The Bertz CT molecular complexity index is 1240. The molecule has 0 aliphatic heterocycles. The van der Waals surface area contributed by atoms with Gasteiger partial charge in [0.1, 0.15) is 5.82 Å². The number of pyridine rings is 1. The van der Waals surface area contributed by atoms with Crippen molar-refractivity contribution in [3.63, 3.8) is 0 Å². The number of rotatable bonds is 7. The lowest BCUT2D eigenvalue weighted by molar-refractivity contribution is 0.0996. The van der Waals surface area contributed by atoms with Crippen LogP contribution in [0.4, 0.5) is 4.39 Å². The number of hydrogen-bond acceptors (Lipinski definition) is 7. The van der Waals surface area contributed by atoms with E-state index in [0.29, 0.717) is 15.6 Å². The van der Waals surface area contributed by atoms with Gasteiger partial charge in [0.15, 0.2) is 10.9 Å². The van der Waals surface area contributed by atoms with Crippen molar-refractivity contribution in [1.29, 1.82) is 0 Å². The fourth-order valence-electron chi connectivity index (χ4n) is 3.25. The Morgan fingerprint density at radius 1 is 1.32 bits per heavy atom. The Kier molecular flexibility index (Phi) is 6.48. The highest BCUT2D eigenvalue weighted by atomic mass is 79.9. The Morgan fingerprint density at radius 2 is 2.03 bits per heavy atom. The van der Waals surface area contributed by atoms with Crippen LogP contribution >= 0.6 is 15.9 Å². The van der Waals surface area contributed by atoms with Crippen molar-refractivity contribution in [2.45, 2.75) is 37.8 Å². The van der Waals surface area contributed by atoms with E-state index in [9.17, 15) is 17.6 Å². The van der Waals surface area contributed by atoms with E-state index in [-0.39, 0.29) is 11.4 Å². The van der Waals surface area contributed by atoms with Crippen LogP contribution in [-0.2, 0) is 10.0 Å². The summed E-state index contributed by atoms with van der Waals surface area (Å²) in [7, 11) is -4.39. The van der Waals surface area contributed by atoms with Crippen LogP contribution in [-0.4, -0.2) is 39.9 Å². The first kappa shape index (κ1) is 22.9. The summed E-state index contributed by atoms with van der Waals surface area (Å²) in [6, 6.07) is 3.09. The number of H-pyrrole nitrogens is 1. The standard InChI is InChI=1S/C18H19BrFN7O3S/c1-8-4-5-13(20)14(9(8)2)10(3)15(17-23-26-27-24-17)25-31(29,30)18-12(16(21)28)6-11(19)7-22-18/h4-7,10,15,25H,1-3H3,(H2,21,28)(H,23,24,26,27)/t10-,15+/m0/s1. The van der Waals surface area contributed by atoms with Gasteiger partial charge in [-0.1, -0.05) is 18.2 Å². The highest BCUT2D eigenvalue weighted by Crippen LogP contribution is 2.35. The SMILES string of the molecule is Cc1ccc(F)c([C@H](C)[C@@H](NS(=O)(=O)c2ncc(Br)cc2C(N)=O)c2nn[nH]n2)c1C. The number of sulfonamides is 1. The number of hydrogen-bond donors (Lipinski definition) is 3. The van der Waals surface area contributed by atoms with Gasteiger partial charge in [-0.15, -0.1) is 10.2 Å². The summed E-state index contributed by atoms with van der Waals surface area (Å²) in [6.07, 6.45) is 1.22. The van der Waals surface area contributed by atoms with E-state index in [2.05, 4.69) is 46.3 Å². The summed E-state index contributed by atoms with van der Waals surface area (Å²) in [5.41, 5.74) is 6.83. The van der Waals surface area contributed by atoms with Crippen LogP contribution in [0.2, 0.25) is 0 Å². The van der Waals surface area contributed by atoms with Gasteiger partial charge in [0.2, 0.25) is 0 Å². The molecule has 0 aliphatic carbocycles. The van der Waals surface area contributed by atoms with Crippen LogP contribution in [0.5, 0.6) is 0 Å². The number of halogens is 2. The monoisotopic (exact) mass is 511 g/mol. The number of aromatic nitrogens is 5. The number of primary amides is 1. The van der Waals surface area contributed by atoms with Gasteiger partial charge < -0.3 is 5.73 Å². The minimum absolute atomic E-state index is 0.00545. The summed E-state index contributed by atoms with van der Waals surface area (Å²) in [5.74, 6) is -2.21. The zero-order chi connectivity index (χ0) is 22.9. The number of aryl methyl sites for hydroxylation is 1. The van der Waals surface area contributed by atoms with Crippen molar-refractivity contribution in [1.82, 2.24) is 30.3 Å². The van der Waals surface area contributed by atoms with E-state index >= 15 is 0 Å². The Morgan fingerprint density at radius 3 is 2.65 bits per heavy atom. The maximum atomic E-state index is 14.7. The van der Waals surface area contributed by atoms with Gasteiger partial charge in [0, 0.05) is 16.6 Å². The molecule has 0 bridgehead atoms. The van der Waals surface area contributed by atoms with Gasteiger partial charge in [-0.3, -0.25) is 4.79 Å². The minimum Gasteiger partial charge on any atom is -0.366 e. The van der Waals surface area contributed by atoms with Gasteiger partial charge in [-0.05, 0) is 58.6 Å². The van der Waals surface area contributed by atoms with Gasteiger partial charge in [0.05, 0.1) is 11.6 Å². The summed E-state index contributed by atoms with van der Waals surface area (Å²) in [6.45, 7) is 5.20. The largest absolute Gasteiger partial charge is 0.366 e. The first-order valence-corrected chi connectivity index (χ1v) is 11.3. The zero-order valence-electron chi connectivity index (χ0n) is 16.7. The summed E-state index contributed by atoms with van der Waals surface area (Å²) in [5, 5.41) is 12.9. The number of aromatic amines is 1. The number of nitrogens with zero attached hydrogens (tertiary/aromatic N) is 4. The van der Waals surface area contributed by atoms with Crippen molar-refractivity contribution in [3.05, 3.63) is 62.8 Å². The van der Waals surface area contributed by atoms with E-state index in [1.807, 2.05) is 6.92 Å². The van der Waals surface area contributed by atoms with Gasteiger partial charge in [0.25, 0.3) is 15.9 Å². The van der Waals surface area contributed by atoms with Crippen LogP contribution in [0.15, 0.2) is 33.9 Å². The first-order valence-electron chi connectivity index (χ1n) is 8.99. The highest BCUT2D eigenvalue weighted by Gasteiger charge is 2.34. The molecule has 2 atom stereocenters. The van der Waals surface area contributed by atoms with Crippen LogP contribution in [0.3, 0.4) is 0 Å². The van der Waals surface area contributed by atoms with Crippen LogP contribution in [0.25, 0.3) is 0 Å². The lowest BCUT2D eigenvalue weighted by atomic mass is 9.88. The van der Waals surface area contributed by atoms with E-state index in [1.165, 1.54) is 18.3 Å². The quantitative estimate of drug-likeness (QED) is 0.437. The molecule has 0 unspecified atom stereocenters. The molecule has 2 heterocycles. The Labute approximate surface area is 186 Å². The average molecular weight is 512 g/mol. The second-order valence-corrected chi connectivity index (χ2v) is 9.48. The normalized spacial score (nSPS) is 13.7. The van der Waals surface area contributed by atoms with E-state index in [1.54, 1.807) is 19.9 Å². The number of nitrogens with one attached hydrogen (secondary N) is 2. The molecule has 0 saturated heterocycles. The van der Waals surface area contributed by atoms with E-state index < -0.39 is 38.7 Å². The number of nitrogens with two attached hydrogens (primary N) is 1. The van der Waals surface area contributed by atoms with Crippen molar-refractivity contribution in [2.24, 2.45) is 5.73 Å². The third-order valence-electron chi connectivity index (χ3n) is 4.95. The van der Waals surface area contributed by atoms with Crippen molar-refractivity contribution in [2.75, 3.05) is 0 Å². The molecule has 13 heteroatoms. The van der Waals surface area contributed by atoms with Crippen molar-refractivity contribution < 1.29 is 17.6 Å². The fourth-order valence-corrected chi connectivity index (χ4v) is 4.98. The van der Waals surface area contributed by atoms with E-state index in [4.69, 9.17) is 5.73 Å². The van der Waals surface area contributed by atoms with Gasteiger partial charge >= 0.3 is 0 Å². The molecule has 0 fully saturated rings. The van der Waals surface area contributed by atoms with Gasteiger partial charge in [-0.2, -0.15) is 9.94 Å². The lowest BCUT2D eigenvalue weighted by Gasteiger charge is -2.25. The lowest BCUT2D eigenvalue weighted by Crippen LogP contribution is -2.35. The summed E-state index contributed by atoms with van der Waals surface area (Å²) >= 11 is 3.13. The molecule has 10 nitrogen and oxygen atoms in total. The third-order valence-corrected chi connectivity index (χ3v) is 6.78. The molecular formula is C18H19BrFN7O3S. The van der Waals surface area contributed by atoms with Crippen LogP contribution in [0, 0.1) is 19.7 Å². The predicted octanol–water partition coefficient (Wildman–Crippen LogP) is 2.04. The second kappa shape index (κ2) is 8.77.